The number of amides is 1. The van der Waals surface area contributed by atoms with Crippen molar-refractivity contribution in [3.05, 3.63) is 119 Å². The molecule has 0 saturated carbocycles. The number of fused-ring (bicyclic) bond motifs is 1. The normalized spacial score (nSPS) is 12.0. The van der Waals surface area contributed by atoms with E-state index in [9.17, 15) is 13.2 Å². The fourth-order valence-corrected chi connectivity index (χ4v) is 12.5. The van der Waals surface area contributed by atoms with E-state index in [1.807, 2.05) is 67.3 Å². The number of carbonyl (C=O) groups is 1. The molecule has 0 aliphatic rings. The van der Waals surface area contributed by atoms with Crippen LogP contribution in [-0.2, 0) is 23.8 Å². The van der Waals surface area contributed by atoms with Crippen molar-refractivity contribution in [3.63, 3.8) is 0 Å². The van der Waals surface area contributed by atoms with E-state index in [1.165, 1.54) is 0 Å². The molecular formula is C35H36Cl2IN3O4S. The van der Waals surface area contributed by atoms with Crippen molar-refractivity contribution >= 4 is 65.1 Å². The molecule has 46 heavy (non-hydrogen) atoms. The zero-order chi connectivity index (χ0) is 33.0. The van der Waals surface area contributed by atoms with Gasteiger partial charge in [-0.2, -0.15) is 0 Å². The first-order chi connectivity index (χ1) is 22.0. The van der Waals surface area contributed by atoms with Crippen LogP contribution in [0.3, 0.4) is 0 Å². The van der Waals surface area contributed by atoms with Crippen LogP contribution in [0, 0.1) is 21.0 Å². The number of imidazole rings is 1. The van der Waals surface area contributed by atoms with Gasteiger partial charge in [0.15, 0.2) is 0 Å². The van der Waals surface area contributed by atoms with Gasteiger partial charge in [0.05, 0.1) is 0 Å². The van der Waals surface area contributed by atoms with Gasteiger partial charge in [-0.15, -0.1) is 0 Å². The summed E-state index contributed by atoms with van der Waals surface area (Å²) >= 11 is 10.0. The minimum atomic E-state index is -4.02. The number of aryl methyl sites for hydroxylation is 2. The van der Waals surface area contributed by atoms with E-state index < -0.39 is 30.4 Å². The molecule has 2 aromatic heterocycles. The first kappa shape index (κ1) is 34.4. The van der Waals surface area contributed by atoms with Gasteiger partial charge in [-0.05, 0) is 0 Å². The van der Waals surface area contributed by atoms with Gasteiger partial charge < -0.3 is 0 Å². The van der Waals surface area contributed by atoms with Gasteiger partial charge in [0, 0.05) is 0 Å². The van der Waals surface area contributed by atoms with Gasteiger partial charge in [-0.1, -0.05) is 0 Å². The Hall–Kier alpha value is -2.96. The summed E-state index contributed by atoms with van der Waals surface area (Å²) in [7, 11) is -4.02. The van der Waals surface area contributed by atoms with Gasteiger partial charge in [0.1, 0.15) is 0 Å². The van der Waals surface area contributed by atoms with Crippen LogP contribution in [0.5, 0.6) is 0 Å². The predicted octanol–water partition coefficient (Wildman–Crippen LogP) is 8.98. The van der Waals surface area contributed by atoms with Crippen molar-refractivity contribution < 1.29 is 15.7 Å². The van der Waals surface area contributed by atoms with E-state index in [0.29, 0.717) is 40.2 Å². The number of pyridine rings is 1. The Morgan fingerprint density at radius 3 is 1.98 bits per heavy atom. The molecule has 0 saturated heterocycles. The van der Waals surface area contributed by atoms with Crippen LogP contribution in [0.15, 0.2) is 90.0 Å². The van der Waals surface area contributed by atoms with Crippen LogP contribution in [0.2, 0.25) is 10.0 Å². The van der Waals surface area contributed by atoms with Crippen molar-refractivity contribution in [2.24, 2.45) is 0 Å². The monoisotopic (exact) mass is 791 g/mol. The van der Waals surface area contributed by atoms with Gasteiger partial charge in [0.25, 0.3) is 0 Å². The van der Waals surface area contributed by atoms with Crippen LogP contribution >= 0.6 is 43.4 Å². The summed E-state index contributed by atoms with van der Waals surface area (Å²) in [6.07, 6.45) is 3.57. The average molecular weight is 793 g/mol. The molecule has 0 spiro atoms. The van der Waals surface area contributed by atoms with Gasteiger partial charge in [-0.25, -0.2) is 0 Å². The number of aromatic nitrogens is 2. The first-order valence-corrected chi connectivity index (χ1v) is 20.2. The molecule has 0 bridgehead atoms. The van der Waals surface area contributed by atoms with Crippen molar-refractivity contribution in [3.8, 4) is 11.3 Å². The van der Waals surface area contributed by atoms with E-state index in [-0.39, 0.29) is 17.2 Å². The molecule has 0 radical (unpaired) electrons. The number of hydrogen-bond donors (Lipinski definition) is 0. The van der Waals surface area contributed by atoms with Gasteiger partial charge >= 0.3 is 290 Å². The van der Waals surface area contributed by atoms with Crippen LogP contribution < -0.4 is 0 Å². The Morgan fingerprint density at radius 2 is 1.41 bits per heavy atom. The number of halogens is 3. The molecule has 0 unspecified atom stereocenters. The van der Waals surface area contributed by atoms with E-state index in [0.717, 1.165) is 36.7 Å². The van der Waals surface area contributed by atoms with Gasteiger partial charge in [-0.3, -0.25) is 0 Å². The van der Waals surface area contributed by atoms with Crippen molar-refractivity contribution in [1.82, 2.24) is 14.3 Å². The minimum absolute atomic E-state index is 0.00183. The number of nitrogens with zero attached hydrogens (tertiary/aromatic N) is 3. The molecule has 7 nitrogen and oxygen atoms in total. The molecule has 5 aromatic rings. The van der Waals surface area contributed by atoms with Crippen LogP contribution in [-0.4, -0.2) is 41.7 Å². The topological polar surface area (TPSA) is 81.0 Å². The third-order valence-corrected chi connectivity index (χ3v) is 15.2. The third-order valence-electron chi connectivity index (χ3n) is 7.38. The molecule has 2 heterocycles. The molecule has 0 N–H and O–H groups in total. The molecule has 11 heteroatoms. The Balaban J connectivity index is 1.56. The number of carbonyl (C=O) groups excluding carboxylic acids is 1. The van der Waals surface area contributed by atoms with Gasteiger partial charge in [0.2, 0.25) is 0 Å². The van der Waals surface area contributed by atoms with Crippen molar-refractivity contribution in [1.29, 1.82) is 0 Å². The number of hydrogen-bond acceptors (Lipinski definition) is 5. The number of benzene rings is 3. The van der Waals surface area contributed by atoms with E-state index in [4.69, 9.17) is 30.7 Å². The fourth-order valence-electron chi connectivity index (χ4n) is 5.07. The molecule has 0 fully saturated rings. The SMILES string of the molecule is CCCN(CCC)C(=O)Cc1c(-c2ccc(I(OS(=O)(=O)c3ccc(C)cc3)c3ccc(C)cc3)cc2)nc2c(Cl)cc(Cl)cn12. The summed E-state index contributed by atoms with van der Waals surface area (Å²) in [4.78, 5) is 20.4. The van der Waals surface area contributed by atoms with Crippen LogP contribution in [0.4, 0.5) is 0 Å². The molecule has 3 aromatic carbocycles. The Labute approximate surface area is 288 Å². The third kappa shape index (κ3) is 7.77. The fraction of sp³-hybridized carbons (Fsp3) is 0.257. The zero-order valence-electron chi connectivity index (χ0n) is 26.1. The average Bonchev–Trinajstić information content (AvgIpc) is 3.38. The summed E-state index contributed by atoms with van der Waals surface area (Å²) < 4.78 is 36.4. The summed E-state index contributed by atoms with van der Waals surface area (Å²) in [6, 6.07) is 23.7. The van der Waals surface area contributed by atoms with Crippen LogP contribution in [0.25, 0.3) is 16.9 Å². The molecule has 1 amide bonds. The number of rotatable bonds is 12. The molecule has 0 aliphatic carbocycles. The maximum absolute atomic E-state index is 13.5. The quantitative estimate of drug-likeness (QED) is 0.118. The van der Waals surface area contributed by atoms with E-state index in [1.54, 1.807) is 40.9 Å². The summed E-state index contributed by atoms with van der Waals surface area (Å²) in [5.41, 5.74) is 4.60. The first-order valence-electron chi connectivity index (χ1n) is 15.0. The molecule has 242 valence electrons. The maximum atomic E-state index is 13.5. The predicted molar refractivity (Wildman–Crippen MR) is 194 cm³/mol. The summed E-state index contributed by atoms with van der Waals surface area (Å²) in [6.45, 7) is 9.35. The molecule has 0 aliphatic heterocycles. The Morgan fingerprint density at radius 1 is 0.870 bits per heavy atom. The molecule has 5 rings (SSSR count). The molecule has 0 atom stereocenters. The van der Waals surface area contributed by atoms with E-state index in [2.05, 4.69) is 13.8 Å². The van der Waals surface area contributed by atoms with Crippen molar-refractivity contribution in [2.45, 2.75) is 51.9 Å². The zero-order valence-corrected chi connectivity index (χ0v) is 30.6. The van der Waals surface area contributed by atoms with Crippen molar-refractivity contribution in [2.75, 3.05) is 13.1 Å². The second-order valence-electron chi connectivity index (χ2n) is 11.0. The summed E-state index contributed by atoms with van der Waals surface area (Å²) in [5, 5.41) is 0.814. The standard InChI is InChI=1S/C35H36Cl2IN3O4S/c1-5-19-40(20-6-2)33(42)22-32-34(39-35-31(37)21-27(36)23-41(32)35)26-11-15-29(16-12-26)38(28-13-7-24(3)8-14-28)45-46(43,44)30-17-9-25(4)10-18-30/h7-18,21,23H,5-6,19-20,22H2,1-4H3. The second-order valence-corrected chi connectivity index (χ2v) is 18.4. The van der Waals surface area contributed by atoms with Crippen LogP contribution in [0.1, 0.15) is 43.5 Å². The Bertz CT molecular complexity index is 1940. The summed E-state index contributed by atoms with van der Waals surface area (Å²) in [5.74, 6) is 0.00183. The second kappa shape index (κ2) is 14.9. The van der Waals surface area contributed by atoms with E-state index >= 15 is 0 Å². The molecular weight excluding hydrogens is 756 g/mol. The Kier molecular flexibility index (Phi) is 11.1.